The molecule has 2 heterocycles. The highest BCUT2D eigenvalue weighted by Gasteiger charge is 2.11. The summed E-state index contributed by atoms with van der Waals surface area (Å²) >= 11 is 1.59. The number of nitrogens with zero attached hydrogens (tertiary/aromatic N) is 4. The summed E-state index contributed by atoms with van der Waals surface area (Å²) in [6, 6.07) is 0. The van der Waals surface area contributed by atoms with Crippen LogP contribution >= 0.6 is 11.3 Å². The van der Waals surface area contributed by atoms with Crippen molar-refractivity contribution < 1.29 is 8.78 Å². The number of halogens is 2. The molecule has 0 aliphatic rings. The maximum atomic E-state index is 12.8. The first-order chi connectivity index (χ1) is 11.5. The number of nitrogens with one attached hydrogen (secondary N) is 2. The van der Waals surface area contributed by atoms with Crippen LogP contribution in [0, 0.1) is 0 Å². The average Bonchev–Trinajstić information content (AvgIpc) is 3.19. The zero-order chi connectivity index (χ0) is 17.5. The van der Waals surface area contributed by atoms with Gasteiger partial charge in [-0.05, 0) is 12.8 Å². The number of imidazole rings is 1. The van der Waals surface area contributed by atoms with E-state index < -0.39 is 6.55 Å². The summed E-state index contributed by atoms with van der Waals surface area (Å²) in [5, 5.41) is 9.25. The van der Waals surface area contributed by atoms with E-state index in [9.17, 15) is 8.78 Å². The van der Waals surface area contributed by atoms with Gasteiger partial charge < -0.3 is 10.6 Å². The van der Waals surface area contributed by atoms with Gasteiger partial charge >= 0.3 is 6.55 Å². The van der Waals surface area contributed by atoms with E-state index in [-0.39, 0.29) is 12.4 Å². The Morgan fingerprint density at radius 3 is 2.79 bits per heavy atom. The summed E-state index contributed by atoms with van der Waals surface area (Å²) < 4.78 is 26.4. The van der Waals surface area contributed by atoms with E-state index in [1.807, 2.05) is 12.3 Å². The highest BCUT2D eigenvalue weighted by atomic mass is 32.1. The lowest BCUT2D eigenvalue weighted by molar-refractivity contribution is 0.0671. The van der Waals surface area contributed by atoms with Crippen molar-refractivity contribution >= 4 is 17.3 Å². The van der Waals surface area contributed by atoms with Crippen LogP contribution in [0.2, 0.25) is 0 Å². The molecule has 0 radical (unpaired) electrons. The molecular formula is C15H22F2N6S. The second-order valence-electron chi connectivity index (χ2n) is 5.40. The van der Waals surface area contributed by atoms with E-state index in [4.69, 9.17) is 0 Å². The van der Waals surface area contributed by atoms with Gasteiger partial charge in [0.25, 0.3) is 0 Å². The first kappa shape index (κ1) is 18.3. The molecule has 0 saturated heterocycles. The third kappa shape index (κ3) is 4.98. The maximum Gasteiger partial charge on any atom is 0.319 e. The predicted molar refractivity (Wildman–Crippen MR) is 91.3 cm³/mol. The van der Waals surface area contributed by atoms with Gasteiger partial charge in [-0.25, -0.2) is 15.0 Å². The topological polar surface area (TPSA) is 67.1 Å². The number of aliphatic imine (C=N–C) groups is 1. The molecule has 24 heavy (non-hydrogen) atoms. The lowest BCUT2D eigenvalue weighted by Crippen LogP contribution is -2.36. The van der Waals surface area contributed by atoms with E-state index in [1.54, 1.807) is 11.3 Å². The number of aromatic nitrogens is 3. The van der Waals surface area contributed by atoms with E-state index >= 15 is 0 Å². The molecule has 0 fully saturated rings. The zero-order valence-electron chi connectivity index (χ0n) is 14.0. The van der Waals surface area contributed by atoms with Crippen LogP contribution in [0.1, 0.15) is 49.8 Å². The summed E-state index contributed by atoms with van der Waals surface area (Å²) in [7, 11) is 0. The number of hydrogen-bond donors (Lipinski definition) is 2. The van der Waals surface area contributed by atoms with Gasteiger partial charge in [0.05, 0.1) is 12.2 Å². The quantitative estimate of drug-likeness (QED) is 0.591. The molecule has 2 rings (SSSR count). The van der Waals surface area contributed by atoms with Crippen LogP contribution in [0.25, 0.3) is 0 Å². The molecule has 0 spiro atoms. The fourth-order valence-corrected chi connectivity index (χ4v) is 2.86. The normalized spacial score (nSPS) is 12.2. The molecule has 0 atom stereocenters. The van der Waals surface area contributed by atoms with Crippen LogP contribution in [-0.4, -0.2) is 27.0 Å². The Bertz CT molecular complexity index is 664. The molecular weight excluding hydrogens is 334 g/mol. The summed E-state index contributed by atoms with van der Waals surface area (Å²) in [6.45, 7) is 4.81. The Hall–Kier alpha value is -2.03. The van der Waals surface area contributed by atoms with E-state index in [2.05, 4.69) is 39.4 Å². The SMILES string of the molecule is CCNC(=NCc1nccn1C(F)F)NCc1nc(C(C)C)cs1. The van der Waals surface area contributed by atoms with Crippen molar-refractivity contribution in [2.24, 2.45) is 4.99 Å². The number of guanidine groups is 1. The van der Waals surface area contributed by atoms with Gasteiger partial charge in [0.15, 0.2) is 5.96 Å². The fourth-order valence-electron chi connectivity index (χ4n) is 1.97. The summed E-state index contributed by atoms with van der Waals surface area (Å²) in [4.78, 5) is 12.8. The molecule has 2 aromatic heterocycles. The van der Waals surface area contributed by atoms with Gasteiger partial charge in [-0.2, -0.15) is 8.78 Å². The number of hydrogen-bond acceptors (Lipinski definition) is 4. The van der Waals surface area contributed by atoms with E-state index in [1.165, 1.54) is 12.4 Å². The molecule has 2 N–H and O–H groups in total. The monoisotopic (exact) mass is 356 g/mol. The Labute approximate surface area is 144 Å². The molecule has 0 aromatic carbocycles. The highest BCUT2D eigenvalue weighted by Crippen LogP contribution is 2.17. The predicted octanol–water partition coefficient (Wildman–Crippen LogP) is 3.11. The number of alkyl halides is 2. The fraction of sp³-hybridized carbons (Fsp3) is 0.533. The molecule has 0 bridgehead atoms. The van der Waals surface area contributed by atoms with Crippen LogP contribution < -0.4 is 10.6 Å². The minimum atomic E-state index is -2.61. The van der Waals surface area contributed by atoms with E-state index in [0.29, 0.717) is 25.0 Å². The van der Waals surface area contributed by atoms with Crippen molar-refractivity contribution in [2.75, 3.05) is 6.54 Å². The van der Waals surface area contributed by atoms with Crippen LogP contribution in [-0.2, 0) is 13.1 Å². The molecule has 6 nitrogen and oxygen atoms in total. The molecule has 132 valence electrons. The highest BCUT2D eigenvalue weighted by molar-refractivity contribution is 7.09. The Balaban J connectivity index is 1.98. The minimum absolute atomic E-state index is 0.0712. The molecule has 9 heteroatoms. The summed E-state index contributed by atoms with van der Waals surface area (Å²) in [6.07, 6.45) is 2.60. The van der Waals surface area contributed by atoms with Crippen LogP contribution in [0.4, 0.5) is 8.78 Å². The van der Waals surface area contributed by atoms with Gasteiger partial charge in [0, 0.05) is 24.3 Å². The van der Waals surface area contributed by atoms with Crippen molar-refractivity contribution in [3.05, 3.63) is 34.3 Å². The third-order valence-electron chi connectivity index (χ3n) is 3.25. The standard InChI is InChI=1S/C15H22F2N6S/c1-4-18-15(20-7-12-19-5-6-23(12)14(16)17)21-8-13-22-11(9-24-13)10(2)3/h5-6,9-10,14H,4,7-8H2,1-3H3,(H2,18,20,21). The summed E-state index contributed by atoms with van der Waals surface area (Å²) in [5.74, 6) is 1.16. The van der Waals surface area contributed by atoms with Crippen molar-refractivity contribution in [3.63, 3.8) is 0 Å². The van der Waals surface area contributed by atoms with Crippen LogP contribution in [0.15, 0.2) is 22.8 Å². The maximum absolute atomic E-state index is 12.8. The van der Waals surface area contributed by atoms with Gasteiger partial charge in [-0.3, -0.25) is 4.57 Å². The first-order valence-corrected chi connectivity index (χ1v) is 8.65. The Kier molecular flexibility index (Phi) is 6.65. The van der Waals surface area contributed by atoms with Crippen LogP contribution in [0.3, 0.4) is 0 Å². The molecule has 0 unspecified atom stereocenters. The van der Waals surface area contributed by atoms with Crippen molar-refractivity contribution in [2.45, 2.75) is 46.3 Å². The molecule has 0 aliphatic carbocycles. The van der Waals surface area contributed by atoms with Gasteiger partial charge in [0.1, 0.15) is 17.4 Å². The third-order valence-corrected chi connectivity index (χ3v) is 4.12. The lowest BCUT2D eigenvalue weighted by atomic mass is 10.2. The average molecular weight is 356 g/mol. The lowest BCUT2D eigenvalue weighted by Gasteiger charge is -2.10. The van der Waals surface area contributed by atoms with Crippen molar-refractivity contribution in [1.29, 1.82) is 0 Å². The molecule has 0 saturated carbocycles. The van der Waals surface area contributed by atoms with Crippen molar-refractivity contribution in [3.8, 4) is 0 Å². The summed E-state index contributed by atoms with van der Waals surface area (Å²) in [5.41, 5.74) is 1.07. The minimum Gasteiger partial charge on any atom is -0.357 e. The Morgan fingerprint density at radius 1 is 1.38 bits per heavy atom. The van der Waals surface area contributed by atoms with Crippen molar-refractivity contribution in [1.82, 2.24) is 25.2 Å². The van der Waals surface area contributed by atoms with Crippen LogP contribution in [0.5, 0.6) is 0 Å². The Morgan fingerprint density at radius 2 is 2.17 bits per heavy atom. The second-order valence-corrected chi connectivity index (χ2v) is 6.34. The largest absolute Gasteiger partial charge is 0.357 e. The van der Waals surface area contributed by atoms with E-state index in [0.717, 1.165) is 15.3 Å². The van der Waals surface area contributed by atoms with Gasteiger partial charge in [-0.1, -0.05) is 13.8 Å². The van der Waals surface area contributed by atoms with Gasteiger partial charge in [-0.15, -0.1) is 11.3 Å². The zero-order valence-corrected chi connectivity index (χ0v) is 14.8. The molecule has 0 amide bonds. The van der Waals surface area contributed by atoms with Gasteiger partial charge in [0.2, 0.25) is 0 Å². The smallest absolute Gasteiger partial charge is 0.319 e. The molecule has 2 aromatic rings. The number of rotatable bonds is 7. The molecule has 0 aliphatic heterocycles. The second kappa shape index (κ2) is 8.72. The first-order valence-electron chi connectivity index (χ1n) is 7.77. The number of thiazole rings is 1.